The number of halogens is 3. The first-order valence-corrected chi connectivity index (χ1v) is 9.44. The number of alkyl halides is 3. The summed E-state index contributed by atoms with van der Waals surface area (Å²) in [6.45, 7) is -0.318. The molecule has 10 nitrogen and oxygen atoms in total. The summed E-state index contributed by atoms with van der Waals surface area (Å²) in [6, 6.07) is -0.455. The summed E-state index contributed by atoms with van der Waals surface area (Å²) in [4.78, 5) is 33.1. The number of fused-ring (bicyclic) bond motifs is 1. The van der Waals surface area contributed by atoms with Crippen molar-refractivity contribution in [1.82, 2.24) is 24.6 Å². The van der Waals surface area contributed by atoms with E-state index in [-0.39, 0.29) is 48.0 Å². The van der Waals surface area contributed by atoms with Gasteiger partial charge in [-0.15, -0.1) is 0 Å². The van der Waals surface area contributed by atoms with Crippen LogP contribution in [0.4, 0.5) is 19.0 Å². The molecule has 168 valence electrons. The lowest BCUT2D eigenvalue weighted by atomic mass is 9.96. The molecule has 3 N–H and O–H groups in total. The number of carbonyl (C=O) groups is 2. The fourth-order valence-corrected chi connectivity index (χ4v) is 3.60. The molecule has 3 heterocycles. The van der Waals surface area contributed by atoms with Crippen molar-refractivity contribution >= 4 is 23.3 Å². The van der Waals surface area contributed by atoms with Gasteiger partial charge < -0.3 is 20.5 Å². The van der Waals surface area contributed by atoms with Crippen molar-refractivity contribution < 1.29 is 32.6 Å². The van der Waals surface area contributed by atoms with Crippen molar-refractivity contribution in [2.24, 2.45) is 0 Å². The summed E-state index contributed by atoms with van der Waals surface area (Å²) < 4.78 is 46.5. The molecule has 1 unspecified atom stereocenters. The largest absolute Gasteiger partial charge is 0.480 e. The maximum atomic E-state index is 13.4. The molecular weight excluding hydrogens is 433 g/mol. The second-order valence-electron chi connectivity index (χ2n) is 7.09. The van der Waals surface area contributed by atoms with Crippen molar-refractivity contribution in [2.45, 2.75) is 25.2 Å². The average molecular weight is 450 g/mol. The van der Waals surface area contributed by atoms with E-state index in [1.165, 1.54) is 17.3 Å². The summed E-state index contributed by atoms with van der Waals surface area (Å²) in [5, 5.41) is 12.3. The van der Waals surface area contributed by atoms with Gasteiger partial charge in [0.25, 0.3) is 5.91 Å². The Morgan fingerprint density at radius 3 is 2.78 bits per heavy atom. The number of ether oxygens (including phenoxy) is 1. The first kappa shape index (κ1) is 21.3. The smallest absolute Gasteiger partial charge is 0.435 e. The Labute approximate surface area is 178 Å². The Hall–Kier alpha value is -3.90. The van der Waals surface area contributed by atoms with Gasteiger partial charge >= 0.3 is 12.1 Å². The number of amides is 1. The highest BCUT2D eigenvalue weighted by Gasteiger charge is 2.38. The zero-order valence-corrected chi connectivity index (χ0v) is 16.4. The van der Waals surface area contributed by atoms with Gasteiger partial charge in [-0.3, -0.25) is 14.3 Å². The molecule has 1 aliphatic heterocycles. The third-order valence-corrected chi connectivity index (χ3v) is 5.00. The number of anilines is 1. The summed E-state index contributed by atoms with van der Waals surface area (Å²) >= 11 is 0. The second kappa shape index (κ2) is 7.98. The number of carboxylic acid groups (broad SMARTS) is 1. The highest BCUT2D eigenvalue weighted by atomic mass is 19.4. The van der Waals surface area contributed by atoms with E-state index >= 15 is 0 Å². The third-order valence-electron chi connectivity index (χ3n) is 5.00. The van der Waals surface area contributed by atoms with Crippen LogP contribution in [-0.4, -0.2) is 60.8 Å². The maximum Gasteiger partial charge on any atom is 0.435 e. The number of nitrogens with two attached hydrogens (primary N) is 1. The van der Waals surface area contributed by atoms with Crippen molar-refractivity contribution in [3.63, 3.8) is 0 Å². The molecule has 4 rings (SSSR count). The molecule has 0 saturated heterocycles. The van der Waals surface area contributed by atoms with Crippen molar-refractivity contribution in [3.05, 3.63) is 47.6 Å². The highest BCUT2D eigenvalue weighted by Crippen LogP contribution is 2.36. The summed E-state index contributed by atoms with van der Waals surface area (Å²) in [7, 11) is 0. The number of carboxylic acids is 1. The lowest BCUT2D eigenvalue weighted by molar-refractivity contribution is -0.143. The lowest BCUT2D eigenvalue weighted by Crippen LogP contribution is -2.41. The maximum absolute atomic E-state index is 13.4. The predicted octanol–water partition coefficient (Wildman–Crippen LogP) is 1.61. The Kier molecular flexibility index (Phi) is 5.32. The molecule has 1 atom stereocenters. The molecule has 0 radical (unpaired) electrons. The van der Waals surface area contributed by atoms with E-state index in [0.717, 1.165) is 10.9 Å². The van der Waals surface area contributed by atoms with Crippen molar-refractivity contribution in [2.75, 3.05) is 18.9 Å². The monoisotopic (exact) mass is 450 g/mol. The molecule has 32 heavy (non-hydrogen) atoms. The van der Waals surface area contributed by atoms with E-state index in [9.17, 15) is 22.8 Å². The third kappa shape index (κ3) is 4.00. The van der Waals surface area contributed by atoms with E-state index in [1.807, 2.05) is 0 Å². The molecule has 2 aromatic heterocycles. The fraction of sp³-hybridized carbons (Fsp3) is 0.316. The summed E-state index contributed by atoms with van der Waals surface area (Å²) in [6.07, 6.45) is 2.31. The number of rotatable bonds is 4. The number of nitrogen functional groups attached to an aromatic ring is 1. The lowest BCUT2D eigenvalue weighted by Gasteiger charge is -2.29. The number of nitrogens with zero attached hydrogens (tertiary/aromatic N) is 5. The molecule has 0 saturated carbocycles. The highest BCUT2D eigenvalue weighted by molar-refractivity contribution is 6.01. The van der Waals surface area contributed by atoms with Crippen LogP contribution in [0.2, 0.25) is 0 Å². The Morgan fingerprint density at radius 1 is 1.34 bits per heavy atom. The van der Waals surface area contributed by atoms with Crippen LogP contribution >= 0.6 is 0 Å². The van der Waals surface area contributed by atoms with Crippen molar-refractivity contribution in [3.8, 4) is 5.88 Å². The normalized spacial score (nSPS) is 18.6. The van der Waals surface area contributed by atoms with Crippen molar-refractivity contribution in [1.29, 1.82) is 0 Å². The molecule has 0 fully saturated rings. The van der Waals surface area contributed by atoms with E-state index in [0.29, 0.717) is 0 Å². The van der Waals surface area contributed by atoms with E-state index < -0.39 is 36.3 Å². The first-order valence-electron chi connectivity index (χ1n) is 9.44. The summed E-state index contributed by atoms with van der Waals surface area (Å²) in [5.74, 6) is -1.69. The Bertz CT molecular complexity index is 1140. The predicted molar refractivity (Wildman–Crippen MR) is 103 cm³/mol. The van der Waals surface area contributed by atoms with Crippen LogP contribution in [0.1, 0.15) is 28.0 Å². The molecule has 1 aliphatic carbocycles. The minimum absolute atomic E-state index is 0.0245. The molecule has 2 aliphatic rings. The van der Waals surface area contributed by atoms with E-state index in [1.54, 1.807) is 12.2 Å². The summed E-state index contributed by atoms with van der Waals surface area (Å²) in [5.41, 5.74) is 4.68. The van der Waals surface area contributed by atoms with E-state index in [2.05, 4.69) is 15.1 Å². The molecule has 0 spiro atoms. The van der Waals surface area contributed by atoms with Gasteiger partial charge in [-0.25, -0.2) is 9.97 Å². The topological polar surface area (TPSA) is 136 Å². The standard InChI is InChI=1S/C19H17F3N6O4/c20-19(21,22)15-12(7-27(26-15)8-13(29)30)10-1-3-11(4-2-10)28-5-6-32-17-14(18(28)31)16(23)24-9-25-17/h1-3,7,9,11H,4-6,8H2,(H,29,30)(H2,23,24,25). The fourth-order valence-electron chi connectivity index (χ4n) is 3.60. The SMILES string of the molecule is Nc1ncnc2c1C(=O)N(C1C=CC(c3cn(CC(=O)O)nc3C(F)(F)F)=CC1)CCO2. The van der Waals surface area contributed by atoms with Crippen LogP contribution in [0.5, 0.6) is 5.88 Å². The molecular formula is C19H17F3N6O4. The van der Waals surface area contributed by atoms with Gasteiger partial charge in [0.2, 0.25) is 5.88 Å². The van der Waals surface area contributed by atoms with Crippen LogP contribution in [0, 0.1) is 0 Å². The first-order chi connectivity index (χ1) is 15.1. The van der Waals surface area contributed by atoms with Gasteiger partial charge in [-0.1, -0.05) is 18.2 Å². The van der Waals surface area contributed by atoms with Gasteiger partial charge in [0.1, 0.15) is 30.9 Å². The van der Waals surface area contributed by atoms with Gasteiger partial charge in [0, 0.05) is 11.8 Å². The number of aliphatic carboxylic acids is 1. The van der Waals surface area contributed by atoms with Gasteiger partial charge in [0.05, 0.1) is 12.6 Å². The quantitative estimate of drug-likeness (QED) is 0.717. The number of hydrogen-bond acceptors (Lipinski definition) is 7. The van der Waals surface area contributed by atoms with Gasteiger partial charge in [0.15, 0.2) is 5.69 Å². The minimum Gasteiger partial charge on any atom is -0.480 e. The molecule has 0 aromatic carbocycles. The number of allylic oxidation sites excluding steroid dienone is 2. The second-order valence-corrected chi connectivity index (χ2v) is 7.09. The molecule has 0 bridgehead atoms. The number of hydrogen-bond donors (Lipinski definition) is 2. The Balaban J connectivity index is 1.59. The van der Waals surface area contributed by atoms with Crippen LogP contribution in [0.3, 0.4) is 0 Å². The van der Waals surface area contributed by atoms with Crippen LogP contribution in [-0.2, 0) is 17.5 Å². The number of carbonyl (C=O) groups excluding carboxylic acids is 1. The zero-order chi connectivity index (χ0) is 23.0. The molecule has 13 heteroatoms. The number of aromatic nitrogens is 4. The van der Waals surface area contributed by atoms with Gasteiger partial charge in [-0.2, -0.15) is 18.3 Å². The van der Waals surface area contributed by atoms with Crippen LogP contribution < -0.4 is 10.5 Å². The Morgan fingerprint density at radius 2 is 2.12 bits per heavy atom. The van der Waals surface area contributed by atoms with Crippen LogP contribution in [0.15, 0.2) is 30.8 Å². The molecule has 2 aromatic rings. The van der Waals surface area contributed by atoms with Gasteiger partial charge in [-0.05, 0) is 12.0 Å². The molecule has 1 amide bonds. The van der Waals surface area contributed by atoms with Crippen LogP contribution in [0.25, 0.3) is 5.57 Å². The minimum atomic E-state index is -4.76. The van der Waals surface area contributed by atoms with E-state index in [4.69, 9.17) is 15.6 Å². The zero-order valence-electron chi connectivity index (χ0n) is 16.4. The average Bonchev–Trinajstić information content (AvgIpc) is 3.07.